The van der Waals surface area contributed by atoms with Crippen molar-refractivity contribution in [3.63, 3.8) is 0 Å². The van der Waals surface area contributed by atoms with Crippen LogP contribution in [0.4, 0.5) is 5.69 Å². The predicted molar refractivity (Wildman–Crippen MR) is 74.1 cm³/mol. The lowest BCUT2D eigenvalue weighted by atomic mass is 10.1. The first-order chi connectivity index (χ1) is 8.91. The van der Waals surface area contributed by atoms with Gasteiger partial charge in [0.25, 0.3) is 11.7 Å². The van der Waals surface area contributed by atoms with Crippen LogP contribution in [0.5, 0.6) is 0 Å². The molecule has 2 rings (SSSR count). The van der Waals surface area contributed by atoms with E-state index in [1.54, 1.807) is 32.3 Å². The van der Waals surface area contributed by atoms with E-state index in [1.165, 1.54) is 9.80 Å². The van der Waals surface area contributed by atoms with Gasteiger partial charge in [0.15, 0.2) is 0 Å². The third kappa shape index (κ3) is 2.53. The summed E-state index contributed by atoms with van der Waals surface area (Å²) in [7, 11) is 3.31. The topological polar surface area (TPSA) is 57.7 Å². The lowest BCUT2D eigenvalue weighted by Crippen LogP contribution is -2.34. The van der Waals surface area contributed by atoms with Crippen LogP contribution in [-0.2, 0) is 9.59 Å². The van der Waals surface area contributed by atoms with E-state index in [1.807, 2.05) is 0 Å². The number of amides is 2. The third-order valence-electron chi connectivity index (χ3n) is 2.98. The molecule has 5 nitrogen and oxygen atoms in total. The molecule has 0 aromatic heterocycles. The molecule has 0 radical (unpaired) electrons. The average molecular weight is 325 g/mol. The number of anilines is 1. The quantitative estimate of drug-likeness (QED) is 0.791. The van der Waals surface area contributed by atoms with Crippen LogP contribution in [0.15, 0.2) is 22.7 Å². The van der Waals surface area contributed by atoms with Gasteiger partial charge < -0.3 is 9.80 Å². The second kappa shape index (κ2) is 5.13. The minimum atomic E-state index is -0.570. The molecule has 0 bridgehead atoms. The normalized spacial score (nSPS) is 13.7. The molecule has 0 saturated carbocycles. The number of hydrogen-bond donors (Lipinski definition) is 0. The molecule has 1 aromatic rings. The van der Waals surface area contributed by atoms with Gasteiger partial charge in [0.2, 0.25) is 5.91 Å². The van der Waals surface area contributed by atoms with Crippen molar-refractivity contribution in [3.8, 4) is 0 Å². The van der Waals surface area contributed by atoms with Crippen molar-refractivity contribution in [3.05, 3.63) is 28.2 Å². The summed E-state index contributed by atoms with van der Waals surface area (Å²) in [5.41, 5.74) is 0.960. The second-order valence-corrected chi connectivity index (χ2v) is 5.40. The van der Waals surface area contributed by atoms with Gasteiger partial charge in [-0.05, 0) is 18.2 Å². The zero-order valence-corrected chi connectivity index (χ0v) is 12.2. The first kappa shape index (κ1) is 13.7. The summed E-state index contributed by atoms with van der Waals surface area (Å²) in [5, 5.41) is 0. The van der Waals surface area contributed by atoms with Gasteiger partial charge in [-0.3, -0.25) is 14.4 Å². The maximum Gasteiger partial charge on any atom is 0.299 e. The van der Waals surface area contributed by atoms with Crippen molar-refractivity contribution < 1.29 is 14.4 Å². The van der Waals surface area contributed by atoms with Gasteiger partial charge in [0.05, 0.1) is 11.3 Å². The number of fused-ring (bicyclic) bond motifs is 1. The SMILES string of the molecule is CN(C)C(=O)CCN1C(=O)C(=O)c2ccc(Br)cc21. The first-order valence-corrected chi connectivity index (χ1v) is 6.57. The Morgan fingerprint density at radius 3 is 2.63 bits per heavy atom. The van der Waals surface area contributed by atoms with E-state index in [4.69, 9.17) is 0 Å². The van der Waals surface area contributed by atoms with Gasteiger partial charge in [-0.15, -0.1) is 0 Å². The molecular formula is C13H13BrN2O3. The Balaban J connectivity index is 2.23. The third-order valence-corrected chi connectivity index (χ3v) is 3.48. The summed E-state index contributed by atoms with van der Waals surface area (Å²) in [6.07, 6.45) is 0.192. The van der Waals surface area contributed by atoms with Gasteiger partial charge in [-0.2, -0.15) is 0 Å². The van der Waals surface area contributed by atoms with E-state index in [-0.39, 0.29) is 18.9 Å². The number of ketones is 1. The summed E-state index contributed by atoms with van der Waals surface area (Å²) in [4.78, 5) is 38.1. The van der Waals surface area contributed by atoms with Crippen LogP contribution >= 0.6 is 15.9 Å². The summed E-state index contributed by atoms with van der Waals surface area (Å²) < 4.78 is 0.790. The van der Waals surface area contributed by atoms with Crippen molar-refractivity contribution >= 4 is 39.2 Å². The Hall–Kier alpha value is -1.69. The molecule has 100 valence electrons. The molecule has 0 unspecified atom stereocenters. The number of hydrogen-bond acceptors (Lipinski definition) is 3. The standard InChI is InChI=1S/C13H13BrN2O3/c1-15(2)11(17)5-6-16-10-7-8(14)3-4-9(10)12(18)13(16)19/h3-4,7H,5-6H2,1-2H3. The van der Waals surface area contributed by atoms with E-state index in [0.29, 0.717) is 11.3 Å². The largest absolute Gasteiger partial charge is 0.349 e. The lowest BCUT2D eigenvalue weighted by Gasteiger charge is -2.17. The molecular weight excluding hydrogens is 312 g/mol. The Bertz CT molecular complexity index is 569. The van der Waals surface area contributed by atoms with Gasteiger partial charge >= 0.3 is 0 Å². The van der Waals surface area contributed by atoms with Crippen molar-refractivity contribution in [2.24, 2.45) is 0 Å². The number of nitrogens with zero attached hydrogens (tertiary/aromatic N) is 2. The van der Waals surface area contributed by atoms with Crippen molar-refractivity contribution in [2.75, 3.05) is 25.5 Å². The molecule has 0 spiro atoms. The number of rotatable bonds is 3. The van der Waals surface area contributed by atoms with E-state index in [2.05, 4.69) is 15.9 Å². The Labute approximate surface area is 119 Å². The molecule has 1 aliphatic heterocycles. The second-order valence-electron chi connectivity index (χ2n) is 4.49. The number of halogens is 1. The van der Waals surface area contributed by atoms with Crippen molar-refractivity contribution in [2.45, 2.75) is 6.42 Å². The summed E-state index contributed by atoms with van der Waals surface area (Å²) in [5.74, 6) is -1.16. The fraction of sp³-hybridized carbons (Fsp3) is 0.308. The van der Waals surface area contributed by atoms with E-state index in [0.717, 1.165) is 4.47 Å². The van der Waals surface area contributed by atoms with Crippen LogP contribution in [0.3, 0.4) is 0 Å². The van der Waals surface area contributed by atoms with Crippen LogP contribution in [-0.4, -0.2) is 43.1 Å². The molecule has 1 aromatic carbocycles. The smallest absolute Gasteiger partial charge is 0.299 e. The predicted octanol–water partition coefficient (Wildman–Crippen LogP) is 1.46. The molecule has 1 heterocycles. The van der Waals surface area contributed by atoms with Crippen molar-refractivity contribution in [1.82, 2.24) is 4.90 Å². The molecule has 6 heteroatoms. The maximum atomic E-state index is 11.9. The van der Waals surface area contributed by atoms with Gasteiger partial charge in [-0.25, -0.2) is 0 Å². The zero-order valence-electron chi connectivity index (χ0n) is 10.6. The fourth-order valence-corrected chi connectivity index (χ4v) is 2.27. The molecule has 1 aliphatic rings. The molecule has 0 atom stereocenters. The van der Waals surface area contributed by atoms with Crippen LogP contribution < -0.4 is 4.90 Å². The molecule has 0 aliphatic carbocycles. The highest BCUT2D eigenvalue weighted by Gasteiger charge is 2.35. The summed E-state index contributed by atoms with van der Waals surface area (Å²) >= 11 is 3.31. The summed E-state index contributed by atoms with van der Waals surface area (Å²) in [6.45, 7) is 0.213. The highest BCUT2D eigenvalue weighted by atomic mass is 79.9. The van der Waals surface area contributed by atoms with E-state index < -0.39 is 11.7 Å². The highest BCUT2D eigenvalue weighted by Crippen LogP contribution is 2.31. The zero-order chi connectivity index (χ0) is 14.2. The number of benzene rings is 1. The molecule has 0 fully saturated rings. The number of carbonyl (C=O) groups excluding carboxylic acids is 3. The molecule has 0 saturated heterocycles. The monoisotopic (exact) mass is 324 g/mol. The van der Waals surface area contributed by atoms with Gasteiger partial charge in [0, 0.05) is 31.5 Å². The lowest BCUT2D eigenvalue weighted by molar-refractivity contribution is -0.128. The number of Topliss-reactive ketones (excluding diaryl/α,β-unsaturated/α-hetero) is 1. The van der Waals surface area contributed by atoms with E-state index >= 15 is 0 Å². The first-order valence-electron chi connectivity index (χ1n) is 5.77. The van der Waals surface area contributed by atoms with Crippen molar-refractivity contribution in [1.29, 1.82) is 0 Å². The average Bonchev–Trinajstić information content (AvgIpc) is 2.59. The Morgan fingerprint density at radius 2 is 2.00 bits per heavy atom. The Kier molecular flexibility index (Phi) is 3.71. The van der Waals surface area contributed by atoms with Gasteiger partial charge in [-0.1, -0.05) is 15.9 Å². The fourth-order valence-electron chi connectivity index (χ4n) is 1.92. The maximum absolute atomic E-state index is 11.9. The molecule has 0 N–H and O–H groups in total. The minimum absolute atomic E-state index is 0.0799. The summed E-state index contributed by atoms with van der Waals surface area (Å²) in [6, 6.07) is 5.06. The molecule has 2 amide bonds. The van der Waals surface area contributed by atoms with Crippen LogP contribution in [0.25, 0.3) is 0 Å². The van der Waals surface area contributed by atoms with Crippen LogP contribution in [0.1, 0.15) is 16.8 Å². The Morgan fingerprint density at radius 1 is 1.32 bits per heavy atom. The minimum Gasteiger partial charge on any atom is -0.349 e. The molecule has 19 heavy (non-hydrogen) atoms. The highest BCUT2D eigenvalue weighted by molar-refractivity contribution is 9.10. The van der Waals surface area contributed by atoms with Gasteiger partial charge in [0.1, 0.15) is 0 Å². The number of carbonyl (C=O) groups is 3. The van der Waals surface area contributed by atoms with Crippen LogP contribution in [0, 0.1) is 0 Å². The van der Waals surface area contributed by atoms with E-state index in [9.17, 15) is 14.4 Å². The van der Waals surface area contributed by atoms with Crippen LogP contribution in [0.2, 0.25) is 0 Å².